The number of rotatable bonds is 7. The first-order valence-corrected chi connectivity index (χ1v) is 7.62. The van der Waals surface area contributed by atoms with E-state index in [1.165, 1.54) is 0 Å². The Labute approximate surface area is 140 Å². The number of carbonyl (C=O) groups excluding carboxylic acids is 1. The first-order valence-electron chi connectivity index (χ1n) is 7.24. The van der Waals surface area contributed by atoms with Crippen LogP contribution in [0.25, 0.3) is 0 Å². The molecular formula is C16H20ClN3O3. The van der Waals surface area contributed by atoms with Crippen molar-refractivity contribution in [1.82, 2.24) is 15.1 Å². The summed E-state index contributed by atoms with van der Waals surface area (Å²) < 4.78 is 7.06. The van der Waals surface area contributed by atoms with Crippen molar-refractivity contribution in [3.63, 3.8) is 0 Å². The maximum atomic E-state index is 11.8. The number of nitrogens with one attached hydrogen (secondary N) is 1. The zero-order chi connectivity index (χ0) is 16.9. The average Bonchev–Trinajstić information content (AvgIpc) is 2.95. The summed E-state index contributed by atoms with van der Waals surface area (Å²) in [5.41, 5.74) is -0.527. The molecule has 1 atom stereocenters. The standard InChI is InChI=1S/C16H20ClN3O3/c1-16(22,12-9-19-20(2)10-12)11-18-15(21)7-8-23-14-6-4-3-5-13(14)17/h3-6,9-10,22H,7-8,11H2,1-2H3,(H,18,21). The smallest absolute Gasteiger partial charge is 0.223 e. The molecule has 0 radical (unpaired) electrons. The normalized spacial score (nSPS) is 13.4. The fourth-order valence-corrected chi connectivity index (χ4v) is 2.17. The molecule has 0 saturated carbocycles. The van der Waals surface area contributed by atoms with Crippen molar-refractivity contribution in [2.75, 3.05) is 13.2 Å². The highest BCUT2D eigenvalue weighted by Gasteiger charge is 2.25. The maximum Gasteiger partial charge on any atom is 0.223 e. The van der Waals surface area contributed by atoms with E-state index in [9.17, 15) is 9.90 Å². The van der Waals surface area contributed by atoms with Crippen molar-refractivity contribution in [3.8, 4) is 5.75 Å². The van der Waals surface area contributed by atoms with Crippen molar-refractivity contribution in [2.45, 2.75) is 18.9 Å². The van der Waals surface area contributed by atoms with Crippen LogP contribution in [0, 0.1) is 0 Å². The van der Waals surface area contributed by atoms with E-state index >= 15 is 0 Å². The second-order valence-electron chi connectivity index (χ2n) is 5.48. The van der Waals surface area contributed by atoms with Crippen LogP contribution in [0.1, 0.15) is 18.9 Å². The largest absolute Gasteiger partial charge is 0.491 e. The van der Waals surface area contributed by atoms with E-state index < -0.39 is 5.60 Å². The molecule has 23 heavy (non-hydrogen) atoms. The van der Waals surface area contributed by atoms with Crippen LogP contribution in [0.3, 0.4) is 0 Å². The number of aliphatic hydroxyl groups is 1. The van der Waals surface area contributed by atoms with Crippen LogP contribution in [0.15, 0.2) is 36.7 Å². The number of hydrogen-bond acceptors (Lipinski definition) is 4. The monoisotopic (exact) mass is 337 g/mol. The van der Waals surface area contributed by atoms with E-state index in [0.29, 0.717) is 16.3 Å². The summed E-state index contributed by atoms with van der Waals surface area (Å²) in [6.07, 6.45) is 3.47. The van der Waals surface area contributed by atoms with Gasteiger partial charge in [-0.3, -0.25) is 9.48 Å². The Kier molecular flexibility index (Phi) is 5.63. The number of benzene rings is 1. The minimum Gasteiger partial charge on any atom is -0.491 e. The Hall–Kier alpha value is -2.05. The lowest BCUT2D eigenvalue weighted by Gasteiger charge is -2.22. The highest BCUT2D eigenvalue weighted by atomic mass is 35.5. The SMILES string of the molecule is Cn1cc(C(C)(O)CNC(=O)CCOc2ccccc2Cl)cn1. The predicted molar refractivity (Wildman–Crippen MR) is 87.4 cm³/mol. The molecule has 1 aromatic heterocycles. The molecule has 6 nitrogen and oxygen atoms in total. The second kappa shape index (κ2) is 7.48. The van der Waals surface area contributed by atoms with Gasteiger partial charge >= 0.3 is 0 Å². The van der Waals surface area contributed by atoms with Crippen molar-refractivity contribution in [3.05, 3.63) is 47.2 Å². The number of para-hydroxylation sites is 1. The molecule has 0 aliphatic rings. The average molecular weight is 338 g/mol. The third kappa shape index (κ3) is 4.97. The van der Waals surface area contributed by atoms with Gasteiger partial charge in [-0.25, -0.2) is 0 Å². The quantitative estimate of drug-likeness (QED) is 0.808. The number of aryl methyl sites for hydroxylation is 1. The number of halogens is 1. The van der Waals surface area contributed by atoms with Gasteiger partial charge in [0.25, 0.3) is 0 Å². The Morgan fingerprint density at radius 1 is 1.48 bits per heavy atom. The molecule has 1 unspecified atom stereocenters. The minimum atomic E-state index is -1.17. The van der Waals surface area contributed by atoms with Crippen LogP contribution in [0.2, 0.25) is 5.02 Å². The van der Waals surface area contributed by atoms with E-state index in [1.807, 2.05) is 12.1 Å². The summed E-state index contributed by atoms with van der Waals surface area (Å²) >= 11 is 5.96. The summed E-state index contributed by atoms with van der Waals surface area (Å²) in [6.45, 7) is 1.94. The Morgan fingerprint density at radius 3 is 2.87 bits per heavy atom. The summed E-state index contributed by atoms with van der Waals surface area (Å²) in [5, 5.41) is 17.6. The summed E-state index contributed by atoms with van der Waals surface area (Å²) in [6, 6.07) is 7.09. The number of aromatic nitrogens is 2. The molecule has 1 amide bonds. The number of ether oxygens (including phenoxy) is 1. The highest BCUT2D eigenvalue weighted by Crippen LogP contribution is 2.23. The fourth-order valence-electron chi connectivity index (χ4n) is 1.98. The van der Waals surface area contributed by atoms with Gasteiger partial charge in [-0.2, -0.15) is 5.10 Å². The Balaban J connectivity index is 1.76. The van der Waals surface area contributed by atoms with Crippen LogP contribution in [0.4, 0.5) is 0 Å². The number of carbonyl (C=O) groups is 1. The first-order chi connectivity index (χ1) is 10.9. The van der Waals surface area contributed by atoms with Crippen molar-refractivity contribution >= 4 is 17.5 Å². The molecule has 0 bridgehead atoms. The van der Waals surface area contributed by atoms with Crippen LogP contribution in [0.5, 0.6) is 5.75 Å². The van der Waals surface area contributed by atoms with Gasteiger partial charge in [0.2, 0.25) is 5.91 Å². The third-order valence-corrected chi connectivity index (χ3v) is 3.69. The lowest BCUT2D eigenvalue weighted by Crippen LogP contribution is -2.38. The van der Waals surface area contributed by atoms with Gasteiger partial charge in [-0.1, -0.05) is 23.7 Å². The molecule has 2 aromatic rings. The zero-order valence-corrected chi connectivity index (χ0v) is 13.9. The van der Waals surface area contributed by atoms with Crippen LogP contribution in [-0.4, -0.2) is 33.9 Å². The van der Waals surface area contributed by atoms with Crippen molar-refractivity contribution in [2.24, 2.45) is 7.05 Å². The van der Waals surface area contributed by atoms with E-state index in [0.717, 1.165) is 0 Å². The molecule has 0 fully saturated rings. The van der Waals surface area contributed by atoms with E-state index in [1.54, 1.807) is 43.2 Å². The third-order valence-electron chi connectivity index (χ3n) is 3.38. The summed E-state index contributed by atoms with van der Waals surface area (Å²) in [4.78, 5) is 11.8. The van der Waals surface area contributed by atoms with E-state index in [-0.39, 0.29) is 25.5 Å². The predicted octanol–water partition coefficient (Wildman–Crippen LogP) is 1.87. The molecule has 0 aliphatic carbocycles. The summed E-state index contributed by atoms with van der Waals surface area (Å²) in [7, 11) is 1.77. The molecule has 2 rings (SSSR count). The van der Waals surface area contributed by atoms with Gasteiger partial charge in [-0.05, 0) is 19.1 Å². The highest BCUT2D eigenvalue weighted by molar-refractivity contribution is 6.32. The van der Waals surface area contributed by atoms with Crippen LogP contribution < -0.4 is 10.1 Å². The minimum absolute atomic E-state index is 0.101. The molecule has 0 aliphatic heterocycles. The summed E-state index contributed by atoms with van der Waals surface area (Å²) in [5.74, 6) is 0.338. The number of amides is 1. The lowest BCUT2D eigenvalue weighted by atomic mass is 10.00. The van der Waals surface area contributed by atoms with E-state index in [4.69, 9.17) is 16.3 Å². The second-order valence-corrected chi connectivity index (χ2v) is 5.89. The van der Waals surface area contributed by atoms with E-state index in [2.05, 4.69) is 10.4 Å². The fraction of sp³-hybridized carbons (Fsp3) is 0.375. The molecule has 124 valence electrons. The molecular weight excluding hydrogens is 318 g/mol. The maximum absolute atomic E-state index is 11.8. The van der Waals surface area contributed by atoms with Gasteiger partial charge in [0.05, 0.1) is 30.8 Å². The molecule has 0 spiro atoms. The molecule has 1 aromatic carbocycles. The van der Waals surface area contributed by atoms with Crippen molar-refractivity contribution in [1.29, 1.82) is 0 Å². The number of hydrogen-bond donors (Lipinski definition) is 2. The van der Waals surface area contributed by atoms with Gasteiger partial charge in [-0.15, -0.1) is 0 Å². The Morgan fingerprint density at radius 2 is 2.22 bits per heavy atom. The van der Waals surface area contributed by atoms with Gasteiger partial charge in [0, 0.05) is 18.8 Å². The van der Waals surface area contributed by atoms with Crippen LogP contribution >= 0.6 is 11.6 Å². The van der Waals surface area contributed by atoms with Crippen LogP contribution in [-0.2, 0) is 17.4 Å². The van der Waals surface area contributed by atoms with Gasteiger partial charge < -0.3 is 15.2 Å². The van der Waals surface area contributed by atoms with Gasteiger partial charge in [0.1, 0.15) is 11.4 Å². The van der Waals surface area contributed by atoms with Gasteiger partial charge in [0.15, 0.2) is 0 Å². The molecule has 1 heterocycles. The first kappa shape index (κ1) is 17.3. The molecule has 2 N–H and O–H groups in total. The van der Waals surface area contributed by atoms with Crippen molar-refractivity contribution < 1.29 is 14.6 Å². The lowest BCUT2D eigenvalue weighted by molar-refractivity contribution is -0.122. The Bertz CT molecular complexity index is 670. The number of nitrogens with zero attached hydrogens (tertiary/aromatic N) is 2. The molecule has 0 saturated heterocycles. The molecule has 7 heteroatoms. The topological polar surface area (TPSA) is 76.4 Å². The zero-order valence-electron chi connectivity index (χ0n) is 13.1.